The van der Waals surface area contributed by atoms with Gasteiger partial charge >= 0.3 is 5.69 Å². The summed E-state index contributed by atoms with van der Waals surface area (Å²) in [6.45, 7) is 12.8. The number of hydrogen-bond donors (Lipinski definition) is 1. The number of halogens is 1. The molecule has 1 aromatic heterocycles. The molecule has 1 aliphatic heterocycles. The van der Waals surface area contributed by atoms with Gasteiger partial charge in [0.05, 0.1) is 12.2 Å². The number of rotatable bonds is 4. The number of alkyl halides is 1. The molecule has 1 fully saturated rings. The van der Waals surface area contributed by atoms with Crippen LogP contribution in [0.5, 0.6) is 0 Å². The van der Waals surface area contributed by atoms with Gasteiger partial charge in [0.1, 0.15) is 6.23 Å². The first kappa shape index (κ1) is 19.9. The van der Waals surface area contributed by atoms with Crippen molar-refractivity contribution in [3.63, 3.8) is 0 Å². The highest BCUT2D eigenvalue weighted by molar-refractivity contribution is 14.1. The first-order valence-electron chi connectivity index (χ1n) is 8.17. The molecule has 6 nitrogen and oxygen atoms in total. The van der Waals surface area contributed by atoms with Crippen LogP contribution in [-0.4, -0.2) is 34.5 Å². The van der Waals surface area contributed by atoms with Gasteiger partial charge in [0.15, 0.2) is 8.32 Å². The van der Waals surface area contributed by atoms with Crippen LogP contribution in [0.15, 0.2) is 15.8 Å². The zero-order valence-electron chi connectivity index (χ0n) is 15.2. The zero-order valence-corrected chi connectivity index (χ0v) is 18.3. The van der Waals surface area contributed by atoms with Crippen LogP contribution in [0.25, 0.3) is 0 Å². The lowest BCUT2D eigenvalue weighted by Gasteiger charge is -2.39. The van der Waals surface area contributed by atoms with Crippen molar-refractivity contribution < 1.29 is 9.16 Å². The molecule has 1 saturated heterocycles. The Bertz CT molecular complexity index is 707. The molecule has 0 aromatic carbocycles. The van der Waals surface area contributed by atoms with Gasteiger partial charge in [-0.1, -0.05) is 43.4 Å². The van der Waals surface area contributed by atoms with E-state index >= 15 is 0 Å². The molecule has 8 heteroatoms. The molecule has 24 heavy (non-hydrogen) atoms. The van der Waals surface area contributed by atoms with Crippen molar-refractivity contribution in [1.29, 1.82) is 0 Å². The molecule has 2 heterocycles. The second kappa shape index (κ2) is 7.04. The summed E-state index contributed by atoms with van der Waals surface area (Å²) in [5.41, 5.74) is -0.289. The van der Waals surface area contributed by atoms with Gasteiger partial charge in [-0.3, -0.25) is 14.3 Å². The molecule has 0 radical (unpaired) electrons. The van der Waals surface area contributed by atoms with Gasteiger partial charge in [0, 0.05) is 22.6 Å². The van der Waals surface area contributed by atoms with Crippen LogP contribution in [0.1, 0.15) is 39.0 Å². The summed E-state index contributed by atoms with van der Waals surface area (Å²) >= 11 is 2.29. The lowest BCUT2D eigenvalue weighted by molar-refractivity contribution is -0.00440. The molecule has 0 unspecified atom stereocenters. The van der Waals surface area contributed by atoms with Gasteiger partial charge in [0.25, 0.3) is 5.56 Å². The Morgan fingerprint density at radius 3 is 2.58 bits per heavy atom. The molecule has 1 aliphatic rings. The van der Waals surface area contributed by atoms with Gasteiger partial charge in [-0.25, -0.2) is 4.79 Å². The number of H-pyrrole nitrogens is 1. The third-order valence-corrected chi connectivity index (χ3v) is 10.4. The van der Waals surface area contributed by atoms with Gasteiger partial charge in [0.2, 0.25) is 0 Å². The minimum absolute atomic E-state index is 0.0353. The lowest BCUT2D eigenvalue weighted by atomic mass is 10.2. The summed E-state index contributed by atoms with van der Waals surface area (Å²) in [7, 11) is -1.92. The second-order valence-electron chi connectivity index (χ2n) is 7.91. The highest BCUT2D eigenvalue weighted by Gasteiger charge is 2.44. The van der Waals surface area contributed by atoms with E-state index in [0.717, 1.165) is 4.43 Å². The average molecular weight is 466 g/mol. The summed E-state index contributed by atoms with van der Waals surface area (Å²) in [5.74, 6) is 0. The van der Waals surface area contributed by atoms with E-state index < -0.39 is 20.2 Å². The Kier molecular flexibility index (Phi) is 5.83. The van der Waals surface area contributed by atoms with Crippen LogP contribution in [0, 0.1) is 6.92 Å². The summed E-state index contributed by atoms with van der Waals surface area (Å²) in [6, 6.07) is 0. The predicted octanol–water partition coefficient (Wildman–Crippen LogP) is 2.96. The highest BCUT2D eigenvalue weighted by atomic mass is 127. The topological polar surface area (TPSA) is 73.3 Å². The number of aromatic amines is 1. The Hall–Kier alpha value is -0.453. The molecule has 1 N–H and O–H groups in total. The fourth-order valence-corrected chi connectivity index (χ4v) is 4.62. The third kappa shape index (κ3) is 4.02. The van der Waals surface area contributed by atoms with Crippen LogP contribution in [-0.2, 0) is 9.16 Å². The molecule has 1 aromatic rings. The molecular formula is C16H27IN2O4Si. The monoisotopic (exact) mass is 466 g/mol. The van der Waals surface area contributed by atoms with E-state index in [9.17, 15) is 9.59 Å². The minimum atomic E-state index is -1.92. The minimum Gasteiger partial charge on any atom is -0.411 e. The van der Waals surface area contributed by atoms with Gasteiger partial charge < -0.3 is 9.16 Å². The maximum Gasteiger partial charge on any atom is 0.330 e. The van der Waals surface area contributed by atoms with E-state index in [4.69, 9.17) is 9.16 Å². The van der Waals surface area contributed by atoms with Crippen LogP contribution >= 0.6 is 22.6 Å². The largest absolute Gasteiger partial charge is 0.411 e. The Balaban J connectivity index is 2.25. The van der Waals surface area contributed by atoms with E-state index in [2.05, 4.69) is 61.4 Å². The molecule has 136 valence electrons. The van der Waals surface area contributed by atoms with E-state index in [0.29, 0.717) is 12.0 Å². The van der Waals surface area contributed by atoms with Crippen LogP contribution < -0.4 is 11.2 Å². The standard InChI is InChI=1S/C16H27IN2O4Si/c1-10-9-19(15(21)18-14(10)20)13-7-11(12(8-17)22-13)23-24(5,6)16(2,3)4/h9,11-13H,7-8H2,1-6H3,(H,18,20,21)/t11-,12+,13+/m0/s1. The lowest BCUT2D eigenvalue weighted by Crippen LogP contribution is -2.46. The zero-order chi connectivity index (χ0) is 18.3. The van der Waals surface area contributed by atoms with E-state index in [1.807, 2.05) is 0 Å². The van der Waals surface area contributed by atoms with Crippen molar-refractivity contribution in [3.05, 3.63) is 32.6 Å². The first-order valence-corrected chi connectivity index (χ1v) is 12.6. The molecule has 0 aliphatic carbocycles. The Morgan fingerprint density at radius 2 is 2.04 bits per heavy atom. The number of ether oxygens (including phenoxy) is 1. The molecule has 0 saturated carbocycles. The van der Waals surface area contributed by atoms with Gasteiger partial charge in [-0.15, -0.1) is 0 Å². The van der Waals surface area contributed by atoms with Crippen molar-refractivity contribution in [2.75, 3.05) is 4.43 Å². The van der Waals surface area contributed by atoms with Crippen LogP contribution in [0.4, 0.5) is 0 Å². The van der Waals surface area contributed by atoms with Crippen molar-refractivity contribution in [2.24, 2.45) is 0 Å². The number of aromatic nitrogens is 2. The smallest absolute Gasteiger partial charge is 0.330 e. The van der Waals surface area contributed by atoms with E-state index in [-0.39, 0.29) is 22.8 Å². The summed E-state index contributed by atoms with van der Waals surface area (Å²) in [4.78, 5) is 26.0. The fraction of sp³-hybridized carbons (Fsp3) is 0.750. The summed E-state index contributed by atoms with van der Waals surface area (Å²) in [5, 5.41) is 0.117. The molecular weight excluding hydrogens is 439 g/mol. The highest BCUT2D eigenvalue weighted by Crippen LogP contribution is 2.41. The Labute approximate surface area is 157 Å². The number of aryl methyl sites for hydroxylation is 1. The number of nitrogens with zero attached hydrogens (tertiary/aromatic N) is 1. The molecule has 0 amide bonds. The maximum atomic E-state index is 12.1. The molecule has 3 atom stereocenters. The van der Waals surface area contributed by atoms with Crippen LogP contribution in [0.2, 0.25) is 18.1 Å². The average Bonchev–Trinajstić information content (AvgIpc) is 2.83. The number of nitrogens with one attached hydrogen (secondary N) is 1. The van der Waals surface area contributed by atoms with Crippen molar-refractivity contribution >= 4 is 30.9 Å². The molecule has 2 rings (SSSR count). The molecule has 0 spiro atoms. The van der Waals surface area contributed by atoms with Crippen LogP contribution in [0.3, 0.4) is 0 Å². The molecule has 0 bridgehead atoms. The van der Waals surface area contributed by atoms with E-state index in [1.165, 1.54) is 4.57 Å². The predicted molar refractivity (Wildman–Crippen MR) is 106 cm³/mol. The second-order valence-corrected chi connectivity index (χ2v) is 13.6. The van der Waals surface area contributed by atoms with E-state index in [1.54, 1.807) is 13.1 Å². The normalized spacial score (nSPS) is 25.2. The summed E-state index contributed by atoms with van der Waals surface area (Å²) < 4.78 is 14.9. The SMILES string of the molecule is Cc1cn([C@H]2C[C@H](O[Si](C)(C)C(C)(C)C)[C@@H](CI)O2)c(=O)[nH]c1=O. The van der Waals surface area contributed by atoms with Crippen molar-refractivity contribution in [3.8, 4) is 0 Å². The fourth-order valence-electron chi connectivity index (χ4n) is 2.49. The first-order chi connectivity index (χ1) is 11.0. The maximum absolute atomic E-state index is 12.1. The summed E-state index contributed by atoms with van der Waals surface area (Å²) in [6.07, 6.45) is 1.70. The third-order valence-electron chi connectivity index (χ3n) is 5.04. The van der Waals surface area contributed by atoms with Crippen molar-refractivity contribution in [1.82, 2.24) is 9.55 Å². The van der Waals surface area contributed by atoms with Crippen molar-refractivity contribution in [2.45, 2.75) is 70.7 Å². The van der Waals surface area contributed by atoms with Gasteiger partial charge in [-0.2, -0.15) is 0 Å². The number of hydrogen-bond acceptors (Lipinski definition) is 4. The Morgan fingerprint density at radius 1 is 1.42 bits per heavy atom. The quantitative estimate of drug-likeness (QED) is 0.421. The van der Waals surface area contributed by atoms with Gasteiger partial charge in [-0.05, 0) is 25.1 Å².